The van der Waals surface area contributed by atoms with Gasteiger partial charge in [-0.3, -0.25) is 13.9 Å². The molecule has 178 valence electrons. The first kappa shape index (κ1) is 21.8. The summed E-state index contributed by atoms with van der Waals surface area (Å²) in [5.74, 6) is 1.42. The molecule has 0 saturated carbocycles. The van der Waals surface area contributed by atoms with Crippen LogP contribution >= 0.6 is 0 Å². The van der Waals surface area contributed by atoms with E-state index in [0.29, 0.717) is 25.2 Å². The molecular formula is C28H24N6O2. The predicted octanol–water partition coefficient (Wildman–Crippen LogP) is 4.26. The second-order valence-electron chi connectivity index (χ2n) is 8.55. The molecule has 0 spiro atoms. The number of nitrogens with one attached hydrogen (secondary N) is 1. The van der Waals surface area contributed by atoms with Gasteiger partial charge in [0.2, 0.25) is 0 Å². The van der Waals surface area contributed by atoms with Gasteiger partial charge in [0.25, 0.3) is 5.91 Å². The number of amides is 1. The van der Waals surface area contributed by atoms with Crippen LogP contribution in [0.2, 0.25) is 0 Å². The summed E-state index contributed by atoms with van der Waals surface area (Å²) >= 11 is 0. The molecule has 3 heterocycles. The van der Waals surface area contributed by atoms with E-state index in [4.69, 9.17) is 9.84 Å². The van der Waals surface area contributed by atoms with Crippen molar-refractivity contribution in [1.82, 2.24) is 29.7 Å². The highest BCUT2D eigenvalue weighted by Crippen LogP contribution is 2.29. The quantitative estimate of drug-likeness (QED) is 0.372. The molecule has 8 heteroatoms. The van der Waals surface area contributed by atoms with Crippen molar-refractivity contribution >= 4 is 33.2 Å². The Morgan fingerprint density at radius 1 is 0.889 bits per heavy atom. The van der Waals surface area contributed by atoms with Crippen molar-refractivity contribution in [3.8, 4) is 5.75 Å². The summed E-state index contributed by atoms with van der Waals surface area (Å²) in [6.07, 6.45) is 2.48. The lowest BCUT2D eigenvalue weighted by Gasteiger charge is -2.11. The molecule has 0 atom stereocenters. The van der Waals surface area contributed by atoms with Crippen LogP contribution in [0.15, 0.2) is 85.1 Å². The fraction of sp³-hybridized carbons (Fsp3) is 0.143. The van der Waals surface area contributed by atoms with E-state index in [1.165, 1.54) is 0 Å². The van der Waals surface area contributed by atoms with Crippen molar-refractivity contribution in [1.29, 1.82) is 0 Å². The molecule has 3 aromatic carbocycles. The molecule has 36 heavy (non-hydrogen) atoms. The van der Waals surface area contributed by atoms with Crippen molar-refractivity contribution in [2.75, 3.05) is 13.7 Å². The second-order valence-corrected chi connectivity index (χ2v) is 8.55. The third-order valence-corrected chi connectivity index (χ3v) is 6.41. The minimum absolute atomic E-state index is 0.210. The summed E-state index contributed by atoms with van der Waals surface area (Å²) in [7, 11) is 1.68. The molecule has 6 aromatic rings. The molecule has 0 unspecified atom stereocenters. The first-order chi connectivity index (χ1) is 17.7. The number of hydrogen-bond acceptors (Lipinski definition) is 5. The lowest BCUT2D eigenvalue weighted by molar-refractivity contribution is 0.0949. The Bertz CT molecular complexity index is 1720. The van der Waals surface area contributed by atoms with Gasteiger partial charge in [-0.05, 0) is 35.2 Å². The van der Waals surface area contributed by atoms with E-state index in [9.17, 15) is 4.79 Å². The van der Waals surface area contributed by atoms with Crippen LogP contribution in [0, 0.1) is 0 Å². The number of carbonyl (C=O) groups excluding carboxylic acids is 1. The van der Waals surface area contributed by atoms with Crippen LogP contribution in [-0.2, 0) is 13.0 Å². The highest BCUT2D eigenvalue weighted by molar-refractivity contribution is 6.05. The maximum absolute atomic E-state index is 13.2. The number of pyridine rings is 1. The number of nitrogens with zero attached hydrogens (tertiary/aromatic N) is 5. The van der Waals surface area contributed by atoms with Gasteiger partial charge in [0.1, 0.15) is 11.6 Å². The first-order valence-corrected chi connectivity index (χ1v) is 11.8. The van der Waals surface area contributed by atoms with Crippen molar-refractivity contribution in [3.63, 3.8) is 0 Å². The minimum Gasteiger partial charge on any atom is -0.496 e. The lowest BCUT2D eigenvalue weighted by atomic mass is 10.0. The normalized spacial score (nSPS) is 11.4. The third-order valence-electron chi connectivity index (χ3n) is 6.41. The van der Waals surface area contributed by atoms with Crippen LogP contribution in [0.3, 0.4) is 0 Å². The van der Waals surface area contributed by atoms with Crippen LogP contribution in [0.5, 0.6) is 5.75 Å². The Morgan fingerprint density at radius 3 is 2.53 bits per heavy atom. The average molecular weight is 477 g/mol. The van der Waals surface area contributed by atoms with E-state index in [-0.39, 0.29) is 5.91 Å². The van der Waals surface area contributed by atoms with Crippen LogP contribution in [0.1, 0.15) is 21.9 Å². The Kier molecular flexibility index (Phi) is 5.53. The molecule has 0 aliphatic rings. The molecule has 0 fully saturated rings. The van der Waals surface area contributed by atoms with Crippen molar-refractivity contribution < 1.29 is 9.53 Å². The number of para-hydroxylation sites is 1. The number of methoxy groups -OCH3 is 1. The van der Waals surface area contributed by atoms with Crippen LogP contribution < -0.4 is 10.1 Å². The number of rotatable bonds is 7. The Hall–Kier alpha value is -4.72. The molecule has 0 aliphatic heterocycles. The number of fused-ring (bicyclic) bond motifs is 3. The summed E-state index contributed by atoms with van der Waals surface area (Å²) < 4.78 is 9.36. The van der Waals surface area contributed by atoms with Gasteiger partial charge >= 0.3 is 0 Å². The van der Waals surface area contributed by atoms with Gasteiger partial charge < -0.3 is 10.1 Å². The predicted molar refractivity (Wildman–Crippen MR) is 138 cm³/mol. The molecule has 0 saturated heterocycles. The maximum Gasteiger partial charge on any atom is 0.272 e. The zero-order chi connectivity index (χ0) is 24.5. The Morgan fingerprint density at radius 2 is 1.67 bits per heavy atom. The van der Waals surface area contributed by atoms with Crippen LogP contribution in [-0.4, -0.2) is 43.9 Å². The zero-order valence-electron chi connectivity index (χ0n) is 19.8. The summed E-state index contributed by atoms with van der Waals surface area (Å²) in [5, 5.41) is 19.1. The standard InChI is InChI=1S/C28H24N6O2/c1-36-24-14-13-19(20-8-2-3-9-21(20)24)18-34-23-11-5-4-10-22(23)27(32-34)28(35)29-16-15-26-31-30-25-12-6-7-17-33(25)26/h2-14,17H,15-16,18H2,1H3,(H,29,35). The number of aromatic nitrogens is 5. The number of carbonyl (C=O) groups is 1. The highest BCUT2D eigenvalue weighted by atomic mass is 16.5. The molecule has 1 amide bonds. The van der Waals surface area contributed by atoms with Crippen LogP contribution in [0.4, 0.5) is 0 Å². The molecule has 0 radical (unpaired) electrons. The lowest BCUT2D eigenvalue weighted by Crippen LogP contribution is -2.27. The van der Waals surface area contributed by atoms with Gasteiger partial charge in [0.05, 0.1) is 19.2 Å². The molecular weight excluding hydrogens is 452 g/mol. The summed E-state index contributed by atoms with van der Waals surface area (Å²) in [6, 6.07) is 25.8. The molecule has 8 nitrogen and oxygen atoms in total. The SMILES string of the molecule is COc1ccc(Cn2nc(C(=O)NCCc3nnc4ccccn34)c3ccccc32)c2ccccc12. The van der Waals surface area contributed by atoms with E-state index >= 15 is 0 Å². The Labute approximate surface area is 207 Å². The average Bonchev–Trinajstić information content (AvgIpc) is 3.51. The van der Waals surface area contributed by atoms with Crippen molar-refractivity contribution in [2.24, 2.45) is 0 Å². The summed E-state index contributed by atoms with van der Waals surface area (Å²) in [4.78, 5) is 13.2. The smallest absolute Gasteiger partial charge is 0.272 e. The van der Waals surface area contributed by atoms with Gasteiger partial charge in [-0.15, -0.1) is 10.2 Å². The molecule has 1 N–H and O–H groups in total. The number of benzene rings is 3. The van der Waals surface area contributed by atoms with Gasteiger partial charge in [-0.25, -0.2) is 0 Å². The van der Waals surface area contributed by atoms with Crippen molar-refractivity contribution in [2.45, 2.75) is 13.0 Å². The van der Waals surface area contributed by atoms with E-state index in [1.54, 1.807) is 7.11 Å². The summed E-state index contributed by atoms with van der Waals surface area (Å²) in [6.45, 7) is 0.961. The monoisotopic (exact) mass is 476 g/mol. The van der Waals surface area contributed by atoms with Crippen molar-refractivity contribution in [3.05, 3.63) is 102 Å². The van der Waals surface area contributed by atoms with E-state index in [0.717, 1.165) is 44.5 Å². The van der Waals surface area contributed by atoms with Gasteiger partial charge in [0, 0.05) is 29.9 Å². The molecule has 0 aliphatic carbocycles. The summed E-state index contributed by atoms with van der Waals surface area (Å²) in [5.41, 5.74) is 3.21. The fourth-order valence-electron chi connectivity index (χ4n) is 4.66. The Balaban J connectivity index is 1.27. The molecule has 0 bridgehead atoms. The van der Waals surface area contributed by atoms with Gasteiger partial charge in [-0.1, -0.05) is 54.6 Å². The van der Waals surface area contributed by atoms with Gasteiger partial charge in [0.15, 0.2) is 11.3 Å². The van der Waals surface area contributed by atoms with E-state index < -0.39 is 0 Å². The largest absolute Gasteiger partial charge is 0.496 e. The minimum atomic E-state index is -0.210. The topological polar surface area (TPSA) is 86.3 Å². The number of ether oxygens (including phenoxy) is 1. The second kappa shape index (κ2) is 9.14. The maximum atomic E-state index is 13.2. The van der Waals surface area contributed by atoms with Crippen LogP contribution in [0.25, 0.3) is 27.3 Å². The fourth-order valence-corrected chi connectivity index (χ4v) is 4.66. The highest BCUT2D eigenvalue weighted by Gasteiger charge is 2.18. The van der Waals surface area contributed by atoms with Gasteiger partial charge in [-0.2, -0.15) is 5.10 Å². The third kappa shape index (κ3) is 3.82. The zero-order valence-corrected chi connectivity index (χ0v) is 19.8. The van der Waals surface area contributed by atoms with E-state index in [1.807, 2.05) is 75.9 Å². The molecule has 3 aromatic heterocycles. The van der Waals surface area contributed by atoms with E-state index in [2.05, 4.69) is 33.7 Å². The number of hydrogen-bond donors (Lipinski definition) is 1. The first-order valence-electron chi connectivity index (χ1n) is 11.8. The molecule has 6 rings (SSSR count).